The molecule has 3 aromatic carbocycles. The zero-order chi connectivity index (χ0) is 67.5. The van der Waals surface area contributed by atoms with Crippen LogP contribution in [0, 0.1) is 17.5 Å². The second-order valence-electron chi connectivity index (χ2n) is 24.7. The van der Waals surface area contributed by atoms with Crippen LogP contribution in [-0.4, -0.2) is 179 Å². The van der Waals surface area contributed by atoms with Gasteiger partial charge >= 0.3 is 30.3 Å². The van der Waals surface area contributed by atoms with Crippen molar-refractivity contribution in [2.75, 3.05) is 60.6 Å². The van der Waals surface area contributed by atoms with Gasteiger partial charge in [0.2, 0.25) is 4.84 Å². The summed E-state index contributed by atoms with van der Waals surface area (Å²) in [6.07, 6.45) is -2.03. The van der Waals surface area contributed by atoms with E-state index in [0.717, 1.165) is 12.8 Å². The first-order valence-corrected chi connectivity index (χ1v) is 32.2. The van der Waals surface area contributed by atoms with Gasteiger partial charge in [0.1, 0.15) is 41.4 Å². The summed E-state index contributed by atoms with van der Waals surface area (Å²) < 4.78 is 81.3. The predicted octanol–water partition coefficient (Wildman–Crippen LogP) is 8.98. The van der Waals surface area contributed by atoms with Crippen molar-refractivity contribution in [1.82, 2.24) is 10.6 Å². The second kappa shape index (κ2) is 32.7. The molecule has 4 saturated heterocycles. The van der Waals surface area contributed by atoms with Crippen molar-refractivity contribution >= 4 is 99.7 Å². The van der Waals surface area contributed by atoms with Crippen LogP contribution in [0.4, 0.5) is 49.4 Å². The fraction of sp³-hybridized carbons (Fsp3) is 0.613. The maximum atomic E-state index is 15.1. The molecule has 0 aromatic heterocycles. The topological polar surface area (TPSA) is 308 Å². The van der Waals surface area contributed by atoms with Crippen molar-refractivity contribution in [1.29, 1.82) is 0 Å². The molecular formula is C62H81Cl4F3N6O17. The number of aliphatic hydroxyl groups is 4. The molecule has 6 unspecified atom stereocenters. The third kappa shape index (κ3) is 20.2. The molecule has 4 heterocycles. The molecule has 4 aliphatic heterocycles. The maximum absolute atomic E-state index is 15.1. The van der Waals surface area contributed by atoms with Gasteiger partial charge in [0.25, 0.3) is 5.91 Å². The molecule has 0 bridgehead atoms. The summed E-state index contributed by atoms with van der Waals surface area (Å²) in [5.74, 6) is -3.32. The average Bonchev–Trinajstić information content (AvgIpc) is 1.53. The lowest BCUT2D eigenvalue weighted by Crippen LogP contribution is -2.38. The number of cyclic esters (lactones) is 3. The average molecular weight is 1380 g/mol. The molecule has 0 radical (unpaired) electrons. The number of esters is 1. The Balaban J connectivity index is 0.000000187. The number of nitrogens with zero attached hydrogens (tertiary/aromatic N) is 3. The Labute approximate surface area is 551 Å². The van der Waals surface area contributed by atoms with Gasteiger partial charge in [-0.25, -0.2) is 37.1 Å². The number of aliphatic hydroxyl groups excluding tert-OH is 4. The summed E-state index contributed by atoms with van der Waals surface area (Å²) in [4.78, 5) is 71.5. The molecular weight excluding hydrogens is 1300 g/mol. The van der Waals surface area contributed by atoms with E-state index in [0.29, 0.717) is 85.4 Å². The smallest absolute Gasteiger partial charge is 0.414 e. The van der Waals surface area contributed by atoms with Gasteiger partial charge in [-0.15, -0.1) is 0 Å². The van der Waals surface area contributed by atoms with E-state index in [-0.39, 0.29) is 81.0 Å². The molecule has 0 spiro atoms. The number of amides is 5. The molecule has 30 heteroatoms. The van der Waals surface area contributed by atoms with E-state index in [9.17, 15) is 58.0 Å². The van der Waals surface area contributed by atoms with E-state index in [2.05, 4.69) is 15.4 Å². The Morgan fingerprint density at radius 3 is 1.38 bits per heavy atom. The molecule has 10 rings (SSSR count). The highest BCUT2D eigenvalue weighted by atomic mass is 35.5. The van der Waals surface area contributed by atoms with Gasteiger partial charge in [-0.2, -0.15) is 0 Å². The molecule has 3 aromatic rings. The van der Waals surface area contributed by atoms with Gasteiger partial charge in [0, 0.05) is 6.54 Å². The quantitative estimate of drug-likeness (QED) is 0.0450. The molecule has 7 aliphatic rings. The Bertz CT molecular complexity index is 3060. The van der Waals surface area contributed by atoms with Gasteiger partial charge in [0.15, 0.2) is 10.6 Å². The van der Waals surface area contributed by atoms with Crippen LogP contribution in [0.2, 0.25) is 0 Å². The van der Waals surface area contributed by atoms with Gasteiger partial charge in [-0.1, -0.05) is 64.6 Å². The van der Waals surface area contributed by atoms with Gasteiger partial charge in [0.05, 0.1) is 93.0 Å². The van der Waals surface area contributed by atoms with Crippen LogP contribution in [0.5, 0.6) is 0 Å². The fourth-order valence-electron chi connectivity index (χ4n) is 11.8. The summed E-state index contributed by atoms with van der Waals surface area (Å²) in [6, 6.07) is 14.0. The Morgan fingerprint density at radius 1 is 0.609 bits per heavy atom. The van der Waals surface area contributed by atoms with Crippen LogP contribution >= 0.6 is 46.4 Å². The number of halogens is 7. The number of rotatable bonds is 14. The normalized spacial score (nSPS) is 27.5. The molecule has 3 saturated carbocycles. The first kappa shape index (κ1) is 73.8. The van der Waals surface area contributed by atoms with Gasteiger partial charge in [-0.05, 0) is 170 Å². The number of hydrogen-bond acceptors (Lipinski definition) is 18. The van der Waals surface area contributed by atoms with Crippen LogP contribution < -0.4 is 31.1 Å². The number of hydrogen-bond donors (Lipinski definition) is 7. The Kier molecular flexibility index (Phi) is 26.2. The van der Waals surface area contributed by atoms with Crippen LogP contribution in [0.25, 0.3) is 0 Å². The zero-order valence-electron chi connectivity index (χ0n) is 51.8. The lowest BCUT2D eigenvalue weighted by molar-refractivity contribution is -0.145. The van der Waals surface area contributed by atoms with Gasteiger partial charge < -0.3 is 70.0 Å². The van der Waals surface area contributed by atoms with E-state index in [4.69, 9.17) is 80.6 Å². The molecule has 92 heavy (non-hydrogen) atoms. The lowest BCUT2D eigenvalue weighted by Gasteiger charge is -2.30. The minimum absolute atomic E-state index is 0.0362. The fourth-order valence-corrected chi connectivity index (χ4v) is 12.1. The van der Waals surface area contributed by atoms with E-state index in [1.807, 2.05) is 13.8 Å². The number of alkyl carbamates (subject to hydrolysis) is 1. The molecule has 510 valence electrons. The number of nitrogens with two attached hydrogens (primary N) is 1. The number of fused-ring (bicyclic) bond motifs is 1. The number of benzene rings is 3. The standard InChI is InChI=1S/C24H33FN2O6.C18H21Cl2FN2O5.C16H21FN2O4.C4H6Cl2O2/c1-23(2,3)33-21(28)26-12-16-13-27(22(29)30-16)15-7-8-17(18(25)11-15)14-6-9-19-20(10-14)32-24(4,5)31-19;19-16(20)17(26)22-7-11-8-23(18(27)28-11)10-2-3-12(13(21)6-10)9-1-4-14(24)15(25)5-9;17-13-6-10(19-8-11(7-18)23-16(19)22)2-3-12(13)9-1-4-14(20)15(21)5-9;1-2-8-4(7)3(5)6/h7-8,11,14,16,19-20H,6,9-10,12-13H2,1-5H3,(H,26,28);2-3,6,9,11,14-16,24-25H,1,4-5,7-8H2,(H,22,26);2-3,6,9,11,14-15,20-21H,1,4-5,7-8,18H2;3H,2H2,1H3/t14?,16-,19?,20-;2*9?,11-,14?,15-;/m000./s1. The van der Waals surface area contributed by atoms with E-state index < -0.39 is 106 Å². The first-order valence-electron chi connectivity index (χ1n) is 30.4. The largest absolute Gasteiger partial charge is 0.464 e. The number of nitrogens with one attached hydrogen (secondary N) is 2. The summed E-state index contributed by atoms with van der Waals surface area (Å²) in [6.45, 7) is 12.1. The van der Waals surface area contributed by atoms with Crippen molar-refractivity contribution in [3.63, 3.8) is 0 Å². The molecule has 7 fully saturated rings. The van der Waals surface area contributed by atoms with Crippen LogP contribution in [0.3, 0.4) is 0 Å². The maximum Gasteiger partial charge on any atom is 0.414 e. The summed E-state index contributed by atoms with van der Waals surface area (Å²) >= 11 is 21.1. The SMILES string of the molecule is CC(C)(C)OC(=O)NC[C@H]1CN(c2ccc(C3CCC4OC(C)(C)O[C@H]4C3)c(F)c2)C(=O)O1.CCOC(=O)C(Cl)Cl.NC[C@H]1CN(c2ccc(C3CCC(O)[C@@H](O)C3)c(F)c2)C(=O)O1.O=C(NC[C@H]1CN(c2ccc(C3CCC(O)[C@@H](O)C3)c(F)c2)C(=O)O1)C(Cl)Cl. The number of carbonyl (C=O) groups excluding carboxylic acids is 6. The number of ether oxygens (including phenoxy) is 7. The molecule has 12 atom stereocenters. The minimum atomic E-state index is -1.21. The minimum Gasteiger partial charge on any atom is -0.464 e. The predicted molar refractivity (Wildman–Crippen MR) is 334 cm³/mol. The molecule has 5 amide bonds. The Hall–Kier alpha value is -5.65. The zero-order valence-corrected chi connectivity index (χ0v) is 54.8. The van der Waals surface area contributed by atoms with E-state index in [1.165, 1.54) is 32.9 Å². The third-order valence-corrected chi connectivity index (χ3v) is 17.0. The monoisotopic (exact) mass is 1380 g/mol. The lowest BCUT2D eigenvalue weighted by atomic mass is 9.81. The summed E-state index contributed by atoms with van der Waals surface area (Å²) in [5, 5.41) is 43.8. The number of carbonyl (C=O) groups is 6. The highest BCUT2D eigenvalue weighted by Gasteiger charge is 2.46. The van der Waals surface area contributed by atoms with Crippen LogP contribution in [0.15, 0.2) is 54.6 Å². The van der Waals surface area contributed by atoms with Crippen molar-refractivity contribution in [2.24, 2.45) is 5.73 Å². The van der Waals surface area contributed by atoms with E-state index in [1.54, 1.807) is 64.1 Å². The molecule has 23 nitrogen and oxygen atoms in total. The highest BCUT2D eigenvalue weighted by molar-refractivity contribution is 6.53. The summed E-state index contributed by atoms with van der Waals surface area (Å²) in [5.41, 5.74) is 7.65. The number of alkyl halides is 4. The highest BCUT2D eigenvalue weighted by Crippen LogP contribution is 2.44. The van der Waals surface area contributed by atoms with E-state index >= 15 is 4.39 Å². The molecule has 3 aliphatic carbocycles. The molecule has 8 N–H and O–H groups in total. The van der Waals surface area contributed by atoms with Crippen molar-refractivity contribution in [2.45, 2.75) is 193 Å². The second-order valence-corrected chi connectivity index (χ2v) is 26.9. The van der Waals surface area contributed by atoms with Crippen molar-refractivity contribution in [3.05, 3.63) is 88.7 Å². The third-order valence-electron chi connectivity index (χ3n) is 16.3. The summed E-state index contributed by atoms with van der Waals surface area (Å²) in [7, 11) is 0. The Morgan fingerprint density at radius 2 is 1.01 bits per heavy atom. The van der Waals surface area contributed by atoms with Crippen LogP contribution in [0.1, 0.15) is 134 Å². The van der Waals surface area contributed by atoms with Crippen molar-refractivity contribution in [3.8, 4) is 0 Å². The van der Waals surface area contributed by atoms with Crippen molar-refractivity contribution < 1.29 is 95.5 Å². The number of anilines is 3. The van der Waals surface area contributed by atoms with Gasteiger partial charge in [-0.3, -0.25) is 19.5 Å². The first-order chi connectivity index (χ1) is 43.3. The van der Waals surface area contributed by atoms with Crippen LogP contribution in [-0.2, 0) is 42.7 Å².